The van der Waals surface area contributed by atoms with Crippen LogP contribution in [-0.2, 0) is 4.74 Å². The maximum absolute atomic E-state index is 9.15. The number of nitriles is 1. The number of hydrogen-bond acceptors (Lipinski definition) is 3. The zero-order chi connectivity index (χ0) is 14.6. The van der Waals surface area contributed by atoms with Gasteiger partial charge in [0.1, 0.15) is 5.75 Å². The van der Waals surface area contributed by atoms with E-state index < -0.39 is 0 Å². The molecule has 0 N–H and O–H groups in total. The summed E-state index contributed by atoms with van der Waals surface area (Å²) >= 11 is 0. The second-order valence-corrected chi connectivity index (χ2v) is 6.10. The first-order valence-electron chi connectivity index (χ1n) is 7.20. The molecule has 0 spiro atoms. The molecule has 1 heterocycles. The Kier molecular flexibility index (Phi) is 4.67. The fraction of sp³-hybridized carbons (Fsp3) is 0.588. The van der Waals surface area contributed by atoms with Crippen LogP contribution in [0.4, 0.5) is 0 Å². The number of nitrogens with zero attached hydrogens (tertiary/aromatic N) is 1. The highest BCUT2D eigenvalue weighted by Gasteiger charge is 2.34. The van der Waals surface area contributed by atoms with Gasteiger partial charge in [-0.15, -0.1) is 0 Å². The zero-order valence-corrected chi connectivity index (χ0v) is 12.6. The zero-order valence-electron chi connectivity index (χ0n) is 12.6. The Balaban J connectivity index is 2.19. The van der Waals surface area contributed by atoms with Gasteiger partial charge in [-0.3, -0.25) is 0 Å². The third-order valence-corrected chi connectivity index (χ3v) is 4.16. The molecule has 0 saturated carbocycles. The van der Waals surface area contributed by atoms with Gasteiger partial charge in [-0.25, -0.2) is 0 Å². The molecular weight excluding hydrogens is 250 g/mol. The van der Waals surface area contributed by atoms with Crippen molar-refractivity contribution in [1.29, 1.82) is 5.26 Å². The summed E-state index contributed by atoms with van der Waals surface area (Å²) in [4.78, 5) is 0. The second kappa shape index (κ2) is 6.28. The third kappa shape index (κ3) is 3.52. The molecular formula is C17H23NO2. The normalized spacial score (nSPS) is 22.8. The summed E-state index contributed by atoms with van der Waals surface area (Å²) in [6.45, 7) is 5.06. The minimum Gasteiger partial charge on any atom is -0.497 e. The van der Waals surface area contributed by atoms with Crippen molar-refractivity contribution >= 4 is 0 Å². The number of methoxy groups -OCH3 is 1. The van der Waals surface area contributed by atoms with Gasteiger partial charge in [-0.05, 0) is 56.2 Å². The highest BCUT2D eigenvalue weighted by atomic mass is 16.5. The first-order valence-corrected chi connectivity index (χ1v) is 7.20. The molecule has 2 atom stereocenters. The van der Waals surface area contributed by atoms with E-state index in [2.05, 4.69) is 32.0 Å². The topological polar surface area (TPSA) is 42.2 Å². The van der Waals surface area contributed by atoms with Crippen molar-refractivity contribution in [2.24, 2.45) is 5.92 Å². The molecule has 108 valence electrons. The Bertz CT molecular complexity index is 473. The lowest BCUT2D eigenvalue weighted by molar-refractivity contribution is -0.0766. The number of rotatable bonds is 4. The van der Waals surface area contributed by atoms with Crippen molar-refractivity contribution < 1.29 is 9.47 Å². The number of hydrogen-bond donors (Lipinski definition) is 0. The van der Waals surface area contributed by atoms with E-state index >= 15 is 0 Å². The van der Waals surface area contributed by atoms with Crippen molar-refractivity contribution in [3.8, 4) is 11.8 Å². The second-order valence-electron chi connectivity index (χ2n) is 6.10. The summed E-state index contributed by atoms with van der Waals surface area (Å²) in [5.41, 5.74) is 1.15. The van der Waals surface area contributed by atoms with Crippen LogP contribution in [0, 0.1) is 17.2 Å². The molecule has 1 saturated heterocycles. The van der Waals surface area contributed by atoms with E-state index in [1.165, 1.54) is 5.56 Å². The van der Waals surface area contributed by atoms with E-state index in [0.717, 1.165) is 25.2 Å². The van der Waals surface area contributed by atoms with Gasteiger partial charge in [0.2, 0.25) is 0 Å². The van der Waals surface area contributed by atoms with E-state index in [-0.39, 0.29) is 11.5 Å². The molecule has 0 bridgehead atoms. The molecule has 1 aromatic rings. The summed E-state index contributed by atoms with van der Waals surface area (Å²) in [6, 6.07) is 10.5. The van der Waals surface area contributed by atoms with Crippen molar-refractivity contribution in [1.82, 2.24) is 0 Å². The molecule has 1 aromatic carbocycles. The van der Waals surface area contributed by atoms with Gasteiger partial charge in [0, 0.05) is 13.0 Å². The first kappa shape index (κ1) is 14.9. The lowest BCUT2D eigenvalue weighted by Gasteiger charge is -2.39. The van der Waals surface area contributed by atoms with Crippen LogP contribution in [0.1, 0.15) is 44.6 Å². The molecule has 1 aliphatic heterocycles. The van der Waals surface area contributed by atoms with Gasteiger partial charge in [0.25, 0.3) is 0 Å². The molecule has 20 heavy (non-hydrogen) atoms. The van der Waals surface area contributed by atoms with Gasteiger partial charge < -0.3 is 9.47 Å². The molecule has 1 fully saturated rings. The van der Waals surface area contributed by atoms with Crippen molar-refractivity contribution in [3.05, 3.63) is 29.8 Å². The van der Waals surface area contributed by atoms with Crippen molar-refractivity contribution in [2.45, 2.75) is 44.6 Å². The SMILES string of the molecule is COc1ccc([C@@H](CC#N)[C@H]2CCOC(C)(C)C2)cc1. The Morgan fingerprint density at radius 3 is 2.65 bits per heavy atom. The third-order valence-electron chi connectivity index (χ3n) is 4.16. The lowest BCUT2D eigenvalue weighted by Crippen LogP contribution is -2.36. The molecule has 0 unspecified atom stereocenters. The lowest BCUT2D eigenvalue weighted by atomic mass is 9.75. The minimum atomic E-state index is -0.0803. The Labute approximate surface area is 121 Å². The first-order chi connectivity index (χ1) is 9.55. The quantitative estimate of drug-likeness (QED) is 0.835. The molecule has 3 heteroatoms. The molecule has 0 aliphatic carbocycles. The monoisotopic (exact) mass is 273 g/mol. The van der Waals surface area contributed by atoms with E-state index in [1.807, 2.05) is 12.1 Å². The van der Waals surface area contributed by atoms with Crippen LogP contribution in [-0.4, -0.2) is 19.3 Å². The average Bonchev–Trinajstić information content (AvgIpc) is 2.44. The summed E-state index contributed by atoms with van der Waals surface area (Å²) in [5, 5.41) is 9.15. The van der Waals surface area contributed by atoms with Crippen LogP contribution in [0.15, 0.2) is 24.3 Å². The van der Waals surface area contributed by atoms with Gasteiger partial charge >= 0.3 is 0 Å². The molecule has 0 radical (unpaired) electrons. The van der Waals surface area contributed by atoms with Crippen LogP contribution < -0.4 is 4.74 Å². The fourth-order valence-corrected chi connectivity index (χ4v) is 3.13. The van der Waals surface area contributed by atoms with Gasteiger partial charge in [0.05, 0.1) is 18.8 Å². The van der Waals surface area contributed by atoms with Gasteiger partial charge in [-0.1, -0.05) is 12.1 Å². The maximum Gasteiger partial charge on any atom is 0.118 e. The maximum atomic E-state index is 9.15. The van der Waals surface area contributed by atoms with Crippen molar-refractivity contribution in [3.63, 3.8) is 0 Å². The number of benzene rings is 1. The van der Waals surface area contributed by atoms with E-state index in [1.54, 1.807) is 7.11 Å². The molecule has 0 amide bonds. The summed E-state index contributed by atoms with van der Waals surface area (Å²) in [7, 11) is 1.67. The predicted molar refractivity (Wildman–Crippen MR) is 78.7 cm³/mol. The van der Waals surface area contributed by atoms with E-state index in [4.69, 9.17) is 14.7 Å². The van der Waals surface area contributed by atoms with Crippen molar-refractivity contribution in [2.75, 3.05) is 13.7 Å². The van der Waals surface area contributed by atoms with Crippen LogP contribution in [0.5, 0.6) is 5.75 Å². The van der Waals surface area contributed by atoms with E-state index in [9.17, 15) is 0 Å². The Morgan fingerprint density at radius 1 is 1.40 bits per heavy atom. The largest absolute Gasteiger partial charge is 0.497 e. The molecule has 0 aromatic heterocycles. The smallest absolute Gasteiger partial charge is 0.118 e. The summed E-state index contributed by atoms with van der Waals surface area (Å²) < 4.78 is 11.0. The standard InChI is InChI=1S/C17H23NO2/c1-17(2)12-14(9-11-20-17)16(8-10-18)13-4-6-15(19-3)7-5-13/h4-7,14,16H,8-9,11-12H2,1-3H3/t14-,16+/m0/s1. The minimum absolute atomic E-state index is 0.0803. The molecule has 2 rings (SSSR count). The van der Waals surface area contributed by atoms with E-state index in [0.29, 0.717) is 12.3 Å². The molecule has 3 nitrogen and oxygen atoms in total. The van der Waals surface area contributed by atoms with Crippen LogP contribution >= 0.6 is 0 Å². The van der Waals surface area contributed by atoms with Crippen LogP contribution in [0.2, 0.25) is 0 Å². The van der Waals surface area contributed by atoms with Crippen LogP contribution in [0.25, 0.3) is 0 Å². The van der Waals surface area contributed by atoms with Gasteiger partial charge in [0.15, 0.2) is 0 Å². The Morgan fingerprint density at radius 2 is 2.10 bits per heavy atom. The summed E-state index contributed by atoms with van der Waals surface area (Å²) in [5.74, 6) is 1.65. The number of ether oxygens (including phenoxy) is 2. The highest BCUT2D eigenvalue weighted by Crippen LogP contribution is 2.40. The Hall–Kier alpha value is -1.53. The molecule has 1 aliphatic rings. The van der Waals surface area contributed by atoms with Gasteiger partial charge in [-0.2, -0.15) is 5.26 Å². The average molecular weight is 273 g/mol. The fourth-order valence-electron chi connectivity index (χ4n) is 3.13. The predicted octanol–water partition coefficient (Wildman–Crippen LogP) is 3.90. The summed E-state index contributed by atoms with van der Waals surface area (Å²) in [6.07, 6.45) is 2.60. The highest BCUT2D eigenvalue weighted by molar-refractivity contribution is 5.30. The van der Waals surface area contributed by atoms with Crippen LogP contribution in [0.3, 0.4) is 0 Å².